The number of allylic oxidation sites excluding steroid dienone is 4. The van der Waals surface area contributed by atoms with E-state index in [9.17, 15) is 0 Å². The zero-order valence-corrected chi connectivity index (χ0v) is 6.90. The normalized spacial score (nSPS) is 15.9. The van der Waals surface area contributed by atoms with Gasteiger partial charge in [-0.05, 0) is 13.3 Å². The largest absolute Gasteiger partial charge is 0.0805 e. The first-order valence-corrected chi connectivity index (χ1v) is 2.22. The molecule has 1 aliphatic rings. The molecule has 0 aromatic heterocycles. The molecule has 7 heavy (non-hydrogen) atoms. The molecule has 0 spiro atoms. The predicted octanol–water partition coefficient (Wildman–Crippen LogP) is 1.89. The minimum atomic E-state index is 0. The number of hydrogen-bond donors (Lipinski definition) is 0. The van der Waals surface area contributed by atoms with Crippen molar-refractivity contribution in [2.24, 2.45) is 0 Å². The van der Waals surface area contributed by atoms with E-state index in [1.54, 1.807) is 0 Å². The van der Waals surface area contributed by atoms with Gasteiger partial charge >= 0.3 is 0 Å². The van der Waals surface area contributed by atoms with E-state index >= 15 is 0 Å². The SMILES string of the molecule is CC1=CC=CC1.[Zr]. The second kappa shape index (κ2) is 3.38. The van der Waals surface area contributed by atoms with Crippen LogP contribution in [0.3, 0.4) is 0 Å². The van der Waals surface area contributed by atoms with Crippen molar-refractivity contribution in [1.29, 1.82) is 0 Å². The minimum absolute atomic E-state index is 0. The van der Waals surface area contributed by atoms with Crippen LogP contribution in [-0.4, -0.2) is 0 Å². The zero-order chi connectivity index (χ0) is 4.41. The summed E-state index contributed by atoms with van der Waals surface area (Å²) in [5.74, 6) is 0. The molecule has 0 amide bonds. The van der Waals surface area contributed by atoms with Gasteiger partial charge in [-0.2, -0.15) is 0 Å². The maximum absolute atomic E-state index is 2.16. The molecule has 36 valence electrons. The fraction of sp³-hybridized carbons (Fsp3) is 0.333. The summed E-state index contributed by atoms with van der Waals surface area (Å²) in [7, 11) is 0. The number of hydrogen-bond acceptors (Lipinski definition) is 0. The molecule has 0 nitrogen and oxygen atoms in total. The monoisotopic (exact) mass is 170 g/mol. The average molecular weight is 171 g/mol. The van der Waals surface area contributed by atoms with Gasteiger partial charge in [0.1, 0.15) is 0 Å². The summed E-state index contributed by atoms with van der Waals surface area (Å²) < 4.78 is 0. The second-order valence-electron chi connectivity index (χ2n) is 1.65. The Bertz CT molecular complexity index is 101. The molecule has 1 rings (SSSR count). The van der Waals surface area contributed by atoms with E-state index < -0.39 is 0 Å². The second-order valence-corrected chi connectivity index (χ2v) is 1.65. The molecule has 0 aromatic carbocycles. The van der Waals surface area contributed by atoms with Crippen LogP contribution < -0.4 is 0 Å². The van der Waals surface area contributed by atoms with Crippen LogP contribution >= 0.6 is 0 Å². The van der Waals surface area contributed by atoms with Crippen molar-refractivity contribution in [3.8, 4) is 0 Å². The van der Waals surface area contributed by atoms with Gasteiger partial charge in [0, 0.05) is 26.2 Å². The molecule has 0 aliphatic heterocycles. The molecule has 0 atom stereocenters. The van der Waals surface area contributed by atoms with Crippen LogP contribution in [0.4, 0.5) is 0 Å². The maximum Gasteiger partial charge on any atom is 0 e. The molecule has 0 fully saturated rings. The van der Waals surface area contributed by atoms with E-state index in [0.29, 0.717) is 0 Å². The van der Waals surface area contributed by atoms with E-state index in [2.05, 4.69) is 25.2 Å². The van der Waals surface area contributed by atoms with Crippen molar-refractivity contribution in [2.75, 3.05) is 0 Å². The van der Waals surface area contributed by atoms with Gasteiger partial charge in [0.15, 0.2) is 0 Å². The molecule has 0 saturated heterocycles. The van der Waals surface area contributed by atoms with Crippen LogP contribution in [0.15, 0.2) is 23.8 Å². The summed E-state index contributed by atoms with van der Waals surface area (Å²) in [6, 6.07) is 0. The first-order valence-electron chi connectivity index (χ1n) is 2.22. The number of rotatable bonds is 0. The van der Waals surface area contributed by atoms with Crippen LogP contribution in [0.5, 0.6) is 0 Å². The molecule has 0 saturated carbocycles. The molecule has 0 bridgehead atoms. The molecule has 0 unspecified atom stereocenters. The molecule has 1 aliphatic carbocycles. The van der Waals surface area contributed by atoms with Gasteiger partial charge < -0.3 is 0 Å². The maximum atomic E-state index is 2.16. The standard InChI is InChI=1S/C6H8.Zr/c1-6-4-2-3-5-6;/h2-4H,5H2,1H3;. The molecule has 0 aromatic rings. The summed E-state index contributed by atoms with van der Waals surface area (Å²) in [4.78, 5) is 0. The first kappa shape index (κ1) is 7.36. The summed E-state index contributed by atoms with van der Waals surface area (Å²) in [6.07, 6.45) is 7.56. The van der Waals surface area contributed by atoms with E-state index in [4.69, 9.17) is 0 Å². The van der Waals surface area contributed by atoms with Gasteiger partial charge in [0.2, 0.25) is 0 Å². The molecule has 1 heteroatoms. The zero-order valence-electron chi connectivity index (χ0n) is 4.44. The Labute approximate surface area is 63.4 Å². The van der Waals surface area contributed by atoms with Crippen LogP contribution in [-0.2, 0) is 26.2 Å². The van der Waals surface area contributed by atoms with Gasteiger partial charge in [-0.1, -0.05) is 23.8 Å². The molecule has 0 N–H and O–H groups in total. The van der Waals surface area contributed by atoms with Crippen LogP contribution in [0, 0.1) is 0 Å². The Balaban J connectivity index is 0.000000360. The van der Waals surface area contributed by atoms with Crippen molar-refractivity contribution in [3.05, 3.63) is 23.8 Å². The van der Waals surface area contributed by atoms with Crippen molar-refractivity contribution in [1.82, 2.24) is 0 Å². The minimum Gasteiger partial charge on any atom is -0.0805 e. The van der Waals surface area contributed by atoms with Crippen molar-refractivity contribution in [2.45, 2.75) is 13.3 Å². The predicted molar refractivity (Wildman–Crippen MR) is 27.5 cm³/mol. The molecular weight excluding hydrogens is 163 g/mol. The topological polar surface area (TPSA) is 0 Å². The summed E-state index contributed by atoms with van der Waals surface area (Å²) >= 11 is 0. The van der Waals surface area contributed by atoms with E-state index in [-0.39, 0.29) is 26.2 Å². The third-order valence-corrected chi connectivity index (χ3v) is 0.957. The van der Waals surface area contributed by atoms with Crippen molar-refractivity contribution in [3.63, 3.8) is 0 Å². The molecule has 0 radical (unpaired) electrons. The van der Waals surface area contributed by atoms with Crippen molar-refractivity contribution < 1.29 is 26.2 Å². The fourth-order valence-electron chi connectivity index (χ4n) is 0.554. The Morgan fingerprint density at radius 3 is 2.43 bits per heavy atom. The van der Waals surface area contributed by atoms with Gasteiger partial charge in [0.05, 0.1) is 0 Å². The van der Waals surface area contributed by atoms with Gasteiger partial charge in [-0.25, -0.2) is 0 Å². The third-order valence-electron chi connectivity index (χ3n) is 0.957. The summed E-state index contributed by atoms with van der Waals surface area (Å²) in [5.41, 5.74) is 1.47. The van der Waals surface area contributed by atoms with Gasteiger partial charge in [0.25, 0.3) is 0 Å². The summed E-state index contributed by atoms with van der Waals surface area (Å²) in [6.45, 7) is 2.14. The Hall–Kier alpha value is 0.363. The average Bonchev–Trinajstić information content (AvgIpc) is 1.86. The smallest absolute Gasteiger partial charge is 0 e. The quantitative estimate of drug-likeness (QED) is 0.522. The van der Waals surface area contributed by atoms with Crippen LogP contribution in [0.2, 0.25) is 0 Å². The molecule has 0 heterocycles. The van der Waals surface area contributed by atoms with Crippen molar-refractivity contribution >= 4 is 0 Å². The van der Waals surface area contributed by atoms with Gasteiger partial charge in [-0.15, -0.1) is 0 Å². The summed E-state index contributed by atoms with van der Waals surface area (Å²) in [5, 5.41) is 0. The van der Waals surface area contributed by atoms with Gasteiger partial charge in [-0.3, -0.25) is 0 Å². The van der Waals surface area contributed by atoms with E-state index in [1.807, 2.05) is 0 Å². The Morgan fingerprint density at radius 2 is 2.29 bits per heavy atom. The Morgan fingerprint density at radius 1 is 1.57 bits per heavy atom. The Kier molecular flexibility index (Phi) is 3.55. The van der Waals surface area contributed by atoms with E-state index in [0.717, 1.165) is 0 Å². The van der Waals surface area contributed by atoms with E-state index in [1.165, 1.54) is 12.0 Å². The fourth-order valence-corrected chi connectivity index (χ4v) is 0.554. The molecular formula is C6H8Zr. The first-order chi connectivity index (χ1) is 2.89. The van der Waals surface area contributed by atoms with Crippen LogP contribution in [0.25, 0.3) is 0 Å². The van der Waals surface area contributed by atoms with Crippen LogP contribution in [0.1, 0.15) is 13.3 Å². The third kappa shape index (κ3) is 2.23.